The lowest BCUT2D eigenvalue weighted by Gasteiger charge is -2.17. The first kappa shape index (κ1) is 24.0. The predicted molar refractivity (Wildman–Crippen MR) is 133 cm³/mol. The molecule has 0 bridgehead atoms. The van der Waals surface area contributed by atoms with Crippen molar-refractivity contribution in [2.45, 2.75) is 33.9 Å². The van der Waals surface area contributed by atoms with Crippen LogP contribution in [0.4, 0.5) is 5.82 Å². The van der Waals surface area contributed by atoms with Crippen LogP contribution >= 0.6 is 0 Å². The van der Waals surface area contributed by atoms with Crippen LogP contribution in [0.3, 0.4) is 0 Å². The van der Waals surface area contributed by atoms with Crippen LogP contribution in [0.25, 0.3) is 11.1 Å². The summed E-state index contributed by atoms with van der Waals surface area (Å²) in [6.45, 7) is 7.19. The zero-order valence-corrected chi connectivity index (χ0v) is 19.9. The molecule has 0 aliphatic rings. The van der Waals surface area contributed by atoms with Crippen molar-refractivity contribution in [3.05, 3.63) is 97.5 Å². The Morgan fingerprint density at radius 2 is 1.89 bits per heavy atom. The molecule has 2 aromatic heterocycles. The summed E-state index contributed by atoms with van der Waals surface area (Å²) in [5.74, 6) is 0.666. The van der Waals surface area contributed by atoms with Crippen molar-refractivity contribution in [1.29, 1.82) is 0 Å². The number of hydrogen-bond acceptors (Lipinski definition) is 7. The summed E-state index contributed by atoms with van der Waals surface area (Å²) in [4.78, 5) is 29.5. The van der Waals surface area contributed by atoms with E-state index < -0.39 is 11.4 Å². The Hall–Kier alpha value is -4.11. The van der Waals surface area contributed by atoms with Gasteiger partial charge in [-0.1, -0.05) is 30.3 Å². The van der Waals surface area contributed by atoms with E-state index in [4.69, 9.17) is 14.4 Å². The third kappa shape index (κ3) is 5.52. The maximum absolute atomic E-state index is 11.6. The molecule has 0 aliphatic heterocycles. The Bertz CT molecular complexity index is 1410. The molecule has 0 aliphatic carbocycles. The van der Waals surface area contributed by atoms with E-state index in [0.717, 1.165) is 49.6 Å². The Morgan fingerprint density at radius 1 is 1.11 bits per heavy atom. The van der Waals surface area contributed by atoms with E-state index >= 15 is 0 Å². The molecule has 0 fully saturated rings. The molecule has 9 nitrogen and oxygen atoms in total. The number of aryl methyl sites for hydroxylation is 2. The van der Waals surface area contributed by atoms with Crippen molar-refractivity contribution in [3.63, 3.8) is 0 Å². The first-order valence-corrected chi connectivity index (χ1v) is 11.3. The van der Waals surface area contributed by atoms with Crippen molar-refractivity contribution in [2.24, 2.45) is 0 Å². The number of aromatic amines is 1. The molecule has 35 heavy (non-hydrogen) atoms. The van der Waals surface area contributed by atoms with Crippen molar-refractivity contribution in [3.8, 4) is 16.9 Å². The van der Waals surface area contributed by atoms with E-state index in [2.05, 4.69) is 35.2 Å². The average Bonchev–Trinajstić information content (AvgIpc) is 3.14. The van der Waals surface area contributed by atoms with Crippen LogP contribution in [0.15, 0.2) is 62.6 Å². The van der Waals surface area contributed by atoms with Crippen LogP contribution in [0.1, 0.15) is 27.9 Å². The normalized spacial score (nSPS) is 11.0. The molecule has 9 heteroatoms. The third-order valence-electron chi connectivity index (χ3n) is 5.80. The zero-order valence-electron chi connectivity index (χ0n) is 19.9. The SMILES string of the molecule is Cc1cc(NCCO)nc(C)c1-c1cccc(COc2ccc(Cn3oc(=O)[nH]c3=O)cc2)c1C. The number of ether oxygens (including phenoxy) is 1. The summed E-state index contributed by atoms with van der Waals surface area (Å²) in [7, 11) is 0. The molecule has 0 saturated carbocycles. The van der Waals surface area contributed by atoms with Gasteiger partial charge in [-0.15, -0.1) is 4.74 Å². The van der Waals surface area contributed by atoms with Gasteiger partial charge in [-0.25, -0.2) is 19.6 Å². The van der Waals surface area contributed by atoms with Gasteiger partial charge >= 0.3 is 11.4 Å². The standard InChI is InChI=1S/C26H28N4O5/c1-16-13-23(27-11-12-31)28-18(3)24(16)22-6-4-5-20(17(22)2)15-34-21-9-7-19(8-10-21)14-30-25(32)29-26(33)35-30/h4-10,13,31H,11-12,14-15H2,1-3H3,(H,27,28)(H,29,32,33). The first-order chi connectivity index (χ1) is 16.9. The topological polar surface area (TPSA) is 122 Å². The molecular formula is C26H28N4O5. The Balaban J connectivity index is 1.48. The van der Waals surface area contributed by atoms with E-state index in [-0.39, 0.29) is 13.2 Å². The molecule has 2 aromatic carbocycles. The molecule has 4 rings (SSSR count). The number of anilines is 1. The van der Waals surface area contributed by atoms with Crippen molar-refractivity contribution < 1.29 is 14.4 Å². The van der Waals surface area contributed by atoms with Crippen molar-refractivity contribution in [1.82, 2.24) is 14.7 Å². The second-order valence-corrected chi connectivity index (χ2v) is 8.30. The molecule has 0 spiro atoms. The van der Waals surface area contributed by atoms with Crippen LogP contribution in [0.2, 0.25) is 0 Å². The molecule has 0 unspecified atom stereocenters. The van der Waals surface area contributed by atoms with E-state index in [1.807, 2.05) is 49.4 Å². The zero-order chi connectivity index (χ0) is 24.9. The average molecular weight is 477 g/mol. The fourth-order valence-electron chi connectivity index (χ4n) is 4.06. The number of aliphatic hydroxyl groups is 1. The molecular weight excluding hydrogens is 448 g/mol. The summed E-state index contributed by atoms with van der Waals surface area (Å²) < 4.78 is 11.8. The monoisotopic (exact) mass is 476 g/mol. The summed E-state index contributed by atoms with van der Waals surface area (Å²) >= 11 is 0. The highest BCUT2D eigenvalue weighted by Crippen LogP contribution is 2.32. The van der Waals surface area contributed by atoms with E-state index in [0.29, 0.717) is 18.9 Å². The van der Waals surface area contributed by atoms with Gasteiger partial charge in [-0.2, -0.15) is 0 Å². The predicted octanol–water partition coefficient (Wildman–Crippen LogP) is 3.15. The molecule has 4 aromatic rings. The minimum atomic E-state index is -0.775. The summed E-state index contributed by atoms with van der Waals surface area (Å²) in [5, 5.41) is 12.2. The van der Waals surface area contributed by atoms with E-state index in [1.165, 1.54) is 0 Å². The van der Waals surface area contributed by atoms with Gasteiger partial charge in [0.05, 0.1) is 13.2 Å². The second-order valence-electron chi connectivity index (χ2n) is 8.30. The largest absolute Gasteiger partial charge is 0.489 e. The van der Waals surface area contributed by atoms with Gasteiger partial charge in [0.1, 0.15) is 18.2 Å². The number of benzene rings is 2. The summed E-state index contributed by atoms with van der Waals surface area (Å²) in [5.41, 5.74) is 6.62. The van der Waals surface area contributed by atoms with Crippen molar-refractivity contribution >= 4 is 5.82 Å². The summed E-state index contributed by atoms with van der Waals surface area (Å²) in [6.07, 6.45) is 0. The molecule has 0 atom stereocenters. The fourth-order valence-corrected chi connectivity index (χ4v) is 4.06. The molecule has 3 N–H and O–H groups in total. The van der Waals surface area contributed by atoms with Crippen LogP contribution < -0.4 is 21.5 Å². The smallest absolute Gasteiger partial charge is 0.440 e. The van der Waals surface area contributed by atoms with Crippen LogP contribution in [-0.4, -0.2) is 33.0 Å². The lowest BCUT2D eigenvalue weighted by molar-refractivity contribution is 0.258. The Labute approximate surface area is 202 Å². The maximum Gasteiger partial charge on any atom is 0.440 e. The number of aliphatic hydroxyl groups excluding tert-OH is 1. The second kappa shape index (κ2) is 10.4. The van der Waals surface area contributed by atoms with Gasteiger partial charge in [0.15, 0.2) is 0 Å². The summed E-state index contributed by atoms with van der Waals surface area (Å²) in [6, 6.07) is 15.4. The maximum atomic E-state index is 11.6. The van der Waals surface area contributed by atoms with Crippen LogP contribution in [-0.2, 0) is 13.2 Å². The number of pyridine rings is 1. The van der Waals surface area contributed by atoms with Gasteiger partial charge < -0.3 is 19.7 Å². The highest BCUT2D eigenvalue weighted by molar-refractivity contribution is 5.74. The number of rotatable bonds is 9. The quantitative estimate of drug-likeness (QED) is 0.339. The van der Waals surface area contributed by atoms with Gasteiger partial charge in [-0.3, -0.25) is 0 Å². The highest BCUT2D eigenvalue weighted by atomic mass is 16.5. The van der Waals surface area contributed by atoms with Gasteiger partial charge in [0.2, 0.25) is 0 Å². The number of H-pyrrole nitrogens is 1. The minimum Gasteiger partial charge on any atom is -0.489 e. The minimum absolute atomic E-state index is 0.0520. The molecule has 0 amide bonds. The lowest BCUT2D eigenvalue weighted by atomic mass is 9.93. The number of nitrogens with zero attached hydrogens (tertiary/aromatic N) is 2. The first-order valence-electron chi connectivity index (χ1n) is 11.3. The van der Waals surface area contributed by atoms with Gasteiger partial charge in [-0.05, 0) is 66.8 Å². The number of aromatic nitrogens is 3. The van der Waals surface area contributed by atoms with Gasteiger partial charge in [0, 0.05) is 17.8 Å². The number of hydrogen-bond donors (Lipinski definition) is 3. The molecule has 182 valence electrons. The lowest BCUT2D eigenvalue weighted by Crippen LogP contribution is -2.17. The Morgan fingerprint density at radius 3 is 2.54 bits per heavy atom. The van der Waals surface area contributed by atoms with E-state index in [1.54, 1.807) is 0 Å². The molecule has 2 heterocycles. The van der Waals surface area contributed by atoms with Crippen molar-refractivity contribution in [2.75, 3.05) is 18.5 Å². The fraction of sp³-hybridized carbons (Fsp3) is 0.269. The van der Waals surface area contributed by atoms with Crippen LogP contribution in [0, 0.1) is 20.8 Å². The highest BCUT2D eigenvalue weighted by Gasteiger charge is 2.14. The van der Waals surface area contributed by atoms with Crippen LogP contribution in [0.5, 0.6) is 5.75 Å². The Kier molecular flexibility index (Phi) is 7.17. The molecule has 0 saturated heterocycles. The third-order valence-corrected chi connectivity index (χ3v) is 5.80. The number of nitrogens with one attached hydrogen (secondary N) is 2. The van der Waals surface area contributed by atoms with Gasteiger partial charge in [0.25, 0.3) is 0 Å². The molecule has 0 radical (unpaired) electrons. The van der Waals surface area contributed by atoms with E-state index in [9.17, 15) is 9.59 Å².